The van der Waals surface area contributed by atoms with Gasteiger partial charge in [0.15, 0.2) is 15.0 Å². The van der Waals surface area contributed by atoms with E-state index in [-0.39, 0.29) is 34.5 Å². The SMILES string of the molecule is O=C(N=C1SC2CS(=O)(=O)CC2N1Cc1ccc(F)cc1)c1ccccc1. The fraction of sp³-hybridized carbons (Fsp3) is 0.263. The summed E-state index contributed by atoms with van der Waals surface area (Å²) in [6.45, 7) is 0.380. The summed E-state index contributed by atoms with van der Waals surface area (Å²) >= 11 is 1.34. The summed E-state index contributed by atoms with van der Waals surface area (Å²) in [6.07, 6.45) is 0. The Morgan fingerprint density at radius 1 is 1.11 bits per heavy atom. The van der Waals surface area contributed by atoms with E-state index in [1.807, 2.05) is 11.0 Å². The zero-order chi connectivity index (χ0) is 19.0. The van der Waals surface area contributed by atoms with Crippen molar-refractivity contribution in [1.82, 2.24) is 4.90 Å². The first-order valence-corrected chi connectivity index (χ1v) is 11.2. The van der Waals surface area contributed by atoms with E-state index in [0.29, 0.717) is 17.3 Å². The van der Waals surface area contributed by atoms with Gasteiger partial charge in [-0.15, -0.1) is 0 Å². The van der Waals surface area contributed by atoms with Crippen LogP contribution in [0.2, 0.25) is 0 Å². The number of fused-ring (bicyclic) bond motifs is 1. The molecule has 0 N–H and O–H groups in total. The minimum absolute atomic E-state index is 0.0460. The van der Waals surface area contributed by atoms with Crippen LogP contribution in [-0.2, 0) is 16.4 Å². The number of amidine groups is 1. The van der Waals surface area contributed by atoms with Gasteiger partial charge in [-0.1, -0.05) is 42.1 Å². The number of carbonyl (C=O) groups excluding carboxylic acids is 1. The summed E-state index contributed by atoms with van der Waals surface area (Å²) in [6, 6.07) is 14.6. The molecule has 1 amide bonds. The number of hydrogen-bond acceptors (Lipinski definition) is 4. The number of aliphatic imine (C=N–C) groups is 1. The number of carbonyl (C=O) groups is 1. The Hall–Kier alpha value is -2.19. The maximum Gasteiger partial charge on any atom is 0.279 e. The lowest BCUT2D eigenvalue weighted by Crippen LogP contribution is -2.37. The van der Waals surface area contributed by atoms with Crippen LogP contribution in [0.5, 0.6) is 0 Å². The highest BCUT2D eigenvalue weighted by atomic mass is 32.2. The Morgan fingerprint density at radius 3 is 2.52 bits per heavy atom. The standard InChI is InChI=1S/C19H17FN2O3S2/c20-15-8-6-13(7-9-15)10-22-16-11-27(24,25)12-17(16)26-19(22)21-18(23)14-4-2-1-3-5-14/h1-9,16-17H,10-12H2. The maximum absolute atomic E-state index is 13.2. The molecule has 0 aliphatic carbocycles. The van der Waals surface area contributed by atoms with Crippen LogP contribution in [0.15, 0.2) is 59.6 Å². The molecule has 0 bridgehead atoms. The van der Waals surface area contributed by atoms with Gasteiger partial charge in [-0.3, -0.25) is 4.79 Å². The molecule has 0 spiro atoms. The number of thioether (sulfide) groups is 1. The summed E-state index contributed by atoms with van der Waals surface area (Å²) in [7, 11) is -3.10. The van der Waals surface area contributed by atoms with Gasteiger partial charge in [0.1, 0.15) is 5.82 Å². The first-order chi connectivity index (χ1) is 12.9. The summed E-state index contributed by atoms with van der Waals surface area (Å²) < 4.78 is 37.3. The normalized spacial score (nSPS) is 24.9. The van der Waals surface area contributed by atoms with E-state index in [1.165, 1.54) is 23.9 Å². The van der Waals surface area contributed by atoms with Gasteiger partial charge in [-0.25, -0.2) is 12.8 Å². The number of halogens is 1. The van der Waals surface area contributed by atoms with E-state index in [4.69, 9.17) is 0 Å². The van der Waals surface area contributed by atoms with E-state index in [2.05, 4.69) is 4.99 Å². The first kappa shape index (κ1) is 18.2. The molecule has 2 aliphatic rings. The highest BCUT2D eigenvalue weighted by molar-refractivity contribution is 8.15. The molecule has 0 radical (unpaired) electrons. The van der Waals surface area contributed by atoms with Crippen LogP contribution >= 0.6 is 11.8 Å². The highest BCUT2D eigenvalue weighted by Gasteiger charge is 2.48. The van der Waals surface area contributed by atoms with Gasteiger partial charge in [-0.05, 0) is 29.8 Å². The Morgan fingerprint density at radius 2 is 1.81 bits per heavy atom. The number of hydrogen-bond donors (Lipinski definition) is 0. The molecular formula is C19H17FN2O3S2. The summed E-state index contributed by atoms with van der Waals surface area (Å²) in [5, 5.41) is 0.385. The third kappa shape index (κ3) is 3.91. The Labute approximate surface area is 161 Å². The summed E-state index contributed by atoms with van der Waals surface area (Å²) in [5.74, 6) is -0.556. The maximum atomic E-state index is 13.2. The molecule has 27 heavy (non-hydrogen) atoms. The van der Waals surface area contributed by atoms with Crippen LogP contribution in [0.4, 0.5) is 4.39 Å². The van der Waals surface area contributed by atoms with Crippen molar-refractivity contribution in [3.8, 4) is 0 Å². The van der Waals surface area contributed by atoms with E-state index in [0.717, 1.165) is 5.56 Å². The van der Waals surface area contributed by atoms with Crippen LogP contribution < -0.4 is 0 Å². The van der Waals surface area contributed by atoms with Crippen molar-refractivity contribution < 1.29 is 17.6 Å². The molecule has 2 aromatic carbocycles. The topological polar surface area (TPSA) is 66.8 Å². The number of sulfone groups is 1. The van der Waals surface area contributed by atoms with Crippen molar-refractivity contribution in [3.05, 3.63) is 71.5 Å². The molecule has 2 atom stereocenters. The van der Waals surface area contributed by atoms with Gasteiger partial charge in [-0.2, -0.15) is 4.99 Å². The molecule has 4 rings (SSSR count). The van der Waals surface area contributed by atoms with E-state index >= 15 is 0 Å². The number of benzene rings is 2. The van der Waals surface area contributed by atoms with E-state index in [1.54, 1.807) is 36.4 Å². The Kier molecular flexibility index (Phi) is 4.77. The Balaban J connectivity index is 1.64. The lowest BCUT2D eigenvalue weighted by atomic mass is 10.1. The van der Waals surface area contributed by atoms with Gasteiger partial charge in [0, 0.05) is 17.4 Å². The first-order valence-electron chi connectivity index (χ1n) is 8.47. The van der Waals surface area contributed by atoms with Crippen molar-refractivity contribution >= 4 is 32.7 Å². The van der Waals surface area contributed by atoms with Crippen molar-refractivity contribution in [2.75, 3.05) is 11.5 Å². The quantitative estimate of drug-likeness (QED) is 0.787. The largest absolute Gasteiger partial charge is 0.342 e. The monoisotopic (exact) mass is 404 g/mol. The predicted molar refractivity (Wildman–Crippen MR) is 104 cm³/mol. The molecule has 2 fully saturated rings. The predicted octanol–water partition coefficient (Wildman–Crippen LogP) is 2.74. The molecule has 2 saturated heterocycles. The minimum atomic E-state index is -3.10. The highest BCUT2D eigenvalue weighted by Crippen LogP contribution is 2.39. The molecule has 140 valence electrons. The zero-order valence-corrected chi connectivity index (χ0v) is 15.9. The Bertz CT molecular complexity index is 991. The minimum Gasteiger partial charge on any atom is -0.342 e. The lowest BCUT2D eigenvalue weighted by Gasteiger charge is -2.24. The van der Waals surface area contributed by atoms with Crippen LogP contribution in [0.3, 0.4) is 0 Å². The van der Waals surface area contributed by atoms with Gasteiger partial charge in [0.25, 0.3) is 5.91 Å². The second-order valence-corrected chi connectivity index (χ2v) is 9.98. The lowest BCUT2D eigenvalue weighted by molar-refractivity contribution is 0.100. The summed E-state index contributed by atoms with van der Waals surface area (Å²) in [5.41, 5.74) is 1.32. The van der Waals surface area contributed by atoms with E-state index < -0.39 is 9.84 Å². The van der Waals surface area contributed by atoms with Gasteiger partial charge in [0.05, 0.1) is 17.5 Å². The molecule has 0 saturated carbocycles. The third-order valence-corrected chi connectivity index (χ3v) is 7.91. The molecule has 2 unspecified atom stereocenters. The van der Waals surface area contributed by atoms with Crippen LogP contribution in [0, 0.1) is 5.82 Å². The van der Waals surface area contributed by atoms with Crippen LogP contribution in [-0.4, -0.2) is 47.2 Å². The van der Waals surface area contributed by atoms with Crippen molar-refractivity contribution in [2.24, 2.45) is 4.99 Å². The molecule has 2 aromatic rings. The van der Waals surface area contributed by atoms with Crippen LogP contribution in [0.25, 0.3) is 0 Å². The second kappa shape index (κ2) is 7.09. The van der Waals surface area contributed by atoms with Gasteiger partial charge < -0.3 is 4.90 Å². The average molecular weight is 404 g/mol. The van der Waals surface area contributed by atoms with Crippen molar-refractivity contribution in [3.63, 3.8) is 0 Å². The second-order valence-electron chi connectivity index (χ2n) is 6.62. The van der Waals surface area contributed by atoms with Gasteiger partial charge in [0.2, 0.25) is 0 Å². The molecule has 8 heteroatoms. The van der Waals surface area contributed by atoms with E-state index in [9.17, 15) is 17.6 Å². The average Bonchev–Trinajstić information content (AvgIpc) is 3.10. The summed E-state index contributed by atoms with van der Waals surface area (Å²) in [4.78, 5) is 18.6. The molecule has 2 aliphatic heterocycles. The molecule has 2 heterocycles. The van der Waals surface area contributed by atoms with Crippen LogP contribution in [0.1, 0.15) is 15.9 Å². The number of nitrogens with zero attached hydrogens (tertiary/aromatic N) is 2. The zero-order valence-electron chi connectivity index (χ0n) is 14.3. The fourth-order valence-corrected chi connectivity index (χ4v) is 7.29. The van der Waals surface area contributed by atoms with Crippen molar-refractivity contribution in [1.29, 1.82) is 0 Å². The van der Waals surface area contributed by atoms with Crippen molar-refractivity contribution in [2.45, 2.75) is 17.8 Å². The molecular weight excluding hydrogens is 387 g/mol. The number of rotatable bonds is 3. The number of amides is 1. The smallest absolute Gasteiger partial charge is 0.279 e. The van der Waals surface area contributed by atoms with Gasteiger partial charge >= 0.3 is 0 Å². The molecule has 0 aromatic heterocycles. The fourth-order valence-electron chi connectivity index (χ4n) is 3.34. The third-order valence-electron chi connectivity index (χ3n) is 4.66. The molecule has 5 nitrogen and oxygen atoms in total.